The number of nitrogens with one attached hydrogen (secondary N) is 1. The zero-order chi connectivity index (χ0) is 14.4. The van der Waals surface area contributed by atoms with Crippen molar-refractivity contribution in [2.24, 2.45) is 0 Å². The monoisotopic (exact) mass is 268 g/mol. The highest BCUT2D eigenvalue weighted by Crippen LogP contribution is 2.31. The Kier molecular flexibility index (Phi) is 5.57. The number of aliphatic hydroxyl groups is 1. The number of nitro groups is 1. The minimum Gasteiger partial charge on any atom is -0.484 e. The molecule has 0 saturated heterocycles. The van der Waals surface area contributed by atoms with Crippen molar-refractivity contribution in [3.8, 4) is 5.75 Å². The second-order valence-corrected chi connectivity index (χ2v) is 4.66. The molecule has 0 bridgehead atoms. The first-order valence-corrected chi connectivity index (χ1v) is 6.26. The summed E-state index contributed by atoms with van der Waals surface area (Å²) >= 11 is 0. The van der Waals surface area contributed by atoms with Crippen LogP contribution in [0.4, 0.5) is 11.4 Å². The Labute approximate surface area is 112 Å². The molecule has 1 rings (SSSR count). The van der Waals surface area contributed by atoms with Crippen molar-refractivity contribution in [1.29, 1.82) is 0 Å². The second-order valence-electron chi connectivity index (χ2n) is 4.66. The molecule has 19 heavy (non-hydrogen) atoms. The van der Waals surface area contributed by atoms with Crippen LogP contribution in [-0.2, 0) is 0 Å². The van der Waals surface area contributed by atoms with Crippen LogP contribution in [0, 0.1) is 10.1 Å². The number of rotatable bonds is 7. The molecule has 6 heteroatoms. The van der Waals surface area contributed by atoms with Gasteiger partial charge in [-0.25, -0.2) is 0 Å². The predicted octanol–water partition coefficient (Wildman–Crippen LogP) is 2.56. The minimum atomic E-state index is -0.460. The van der Waals surface area contributed by atoms with Crippen LogP contribution in [0.1, 0.15) is 27.2 Å². The molecule has 0 aliphatic carbocycles. The predicted molar refractivity (Wildman–Crippen MR) is 73.6 cm³/mol. The van der Waals surface area contributed by atoms with Crippen molar-refractivity contribution in [2.75, 3.05) is 11.9 Å². The number of aliphatic hydroxyl groups excluding tert-OH is 1. The van der Waals surface area contributed by atoms with Crippen LogP contribution in [0.2, 0.25) is 0 Å². The van der Waals surface area contributed by atoms with Crippen molar-refractivity contribution >= 4 is 11.4 Å². The number of hydrogen-bond donors (Lipinski definition) is 2. The molecule has 0 heterocycles. The molecule has 0 amide bonds. The normalized spacial score (nSPS) is 12.3. The van der Waals surface area contributed by atoms with Crippen LogP contribution in [0.5, 0.6) is 5.75 Å². The number of hydrogen-bond acceptors (Lipinski definition) is 5. The van der Waals surface area contributed by atoms with Gasteiger partial charge in [0.1, 0.15) is 0 Å². The number of nitrogens with zero attached hydrogens (tertiary/aromatic N) is 1. The molecule has 1 atom stereocenters. The van der Waals surface area contributed by atoms with Crippen LogP contribution < -0.4 is 10.1 Å². The third-order valence-electron chi connectivity index (χ3n) is 2.49. The van der Waals surface area contributed by atoms with Gasteiger partial charge < -0.3 is 15.2 Å². The van der Waals surface area contributed by atoms with Crippen LogP contribution in [0.25, 0.3) is 0 Å². The molecule has 1 aromatic carbocycles. The fourth-order valence-electron chi connectivity index (χ4n) is 1.65. The molecule has 0 aliphatic rings. The number of ether oxygens (including phenoxy) is 1. The van der Waals surface area contributed by atoms with Crippen LogP contribution in [-0.4, -0.2) is 28.8 Å². The molecule has 0 aromatic heterocycles. The van der Waals surface area contributed by atoms with E-state index in [4.69, 9.17) is 9.84 Å². The lowest BCUT2D eigenvalue weighted by Gasteiger charge is -2.16. The zero-order valence-electron chi connectivity index (χ0n) is 11.4. The first kappa shape index (κ1) is 15.2. The molecule has 0 aliphatic heterocycles. The maximum Gasteiger partial charge on any atom is 0.311 e. The minimum absolute atomic E-state index is 0.0472. The summed E-state index contributed by atoms with van der Waals surface area (Å²) in [6, 6.07) is 4.76. The zero-order valence-corrected chi connectivity index (χ0v) is 11.4. The number of anilines is 1. The summed E-state index contributed by atoms with van der Waals surface area (Å²) in [4.78, 5) is 10.5. The summed E-state index contributed by atoms with van der Waals surface area (Å²) in [5, 5.41) is 22.9. The summed E-state index contributed by atoms with van der Waals surface area (Å²) in [5.41, 5.74) is 0.691. The Morgan fingerprint density at radius 1 is 1.42 bits per heavy atom. The van der Waals surface area contributed by atoms with E-state index in [2.05, 4.69) is 5.32 Å². The Morgan fingerprint density at radius 2 is 2.11 bits per heavy atom. The molecule has 2 N–H and O–H groups in total. The van der Waals surface area contributed by atoms with Gasteiger partial charge in [-0.2, -0.15) is 0 Å². The lowest BCUT2D eigenvalue weighted by Crippen LogP contribution is -2.16. The van der Waals surface area contributed by atoms with E-state index in [9.17, 15) is 10.1 Å². The SMILES string of the molecule is CC(CCO)Nc1ccc([N+](=O)[O-])c(OC(C)C)c1. The molecule has 106 valence electrons. The van der Waals surface area contributed by atoms with E-state index in [-0.39, 0.29) is 30.2 Å². The lowest BCUT2D eigenvalue weighted by molar-refractivity contribution is -0.386. The molecule has 0 radical (unpaired) electrons. The summed E-state index contributed by atoms with van der Waals surface area (Å²) in [7, 11) is 0. The van der Waals surface area contributed by atoms with Crippen LogP contribution >= 0.6 is 0 Å². The van der Waals surface area contributed by atoms with E-state index in [0.29, 0.717) is 6.42 Å². The molecule has 6 nitrogen and oxygen atoms in total. The largest absolute Gasteiger partial charge is 0.484 e. The smallest absolute Gasteiger partial charge is 0.311 e. The van der Waals surface area contributed by atoms with Crippen molar-refractivity contribution in [3.05, 3.63) is 28.3 Å². The Morgan fingerprint density at radius 3 is 2.63 bits per heavy atom. The third-order valence-corrected chi connectivity index (χ3v) is 2.49. The highest BCUT2D eigenvalue weighted by Gasteiger charge is 2.17. The van der Waals surface area contributed by atoms with Crippen molar-refractivity contribution in [3.63, 3.8) is 0 Å². The third kappa shape index (κ3) is 4.75. The number of benzene rings is 1. The molecule has 1 unspecified atom stereocenters. The Hall–Kier alpha value is -1.82. The Bertz CT molecular complexity index is 435. The summed E-state index contributed by atoms with van der Waals surface area (Å²) in [5.74, 6) is 0.251. The topological polar surface area (TPSA) is 84.6 Å². The van der Waals surface area contributed by atoms with Gasteiger partial charge in [0.2, 0.25) is 0 Å². The quantitative estimate of drug-likeness (QED) is 0.586. The van der Waals surface area contributed by atoms with Crippen molar-refractivity contribution < 1.29 is 14.8 Å². The van der Waals surface area contributed by atoms with E-state index in [1.807, 2.05) is 20.8 Å². The molecule has 0 saturated carbocycles. The molecular formula is C13H20N2O4. The summed E-state index contributed by atoms with van der Waals surface area (Å²) in [6.07, 6.45) is 0.473. The second kappa shape index (κ2) is 6.94. The van der Waals surface area contributed by atoms with E-state index in [0.717, 1.165) is 5.69 Å². The maximum absolute atomic E-state index is 10.9. The average molecular weight is 268 g/mol. The van der Waals surface area contributed by atoms with E-state index < -0.39 is 4.92 Å². The van der Waals surface area contributed by atoms with Crippen molar-refractivity contribution in [1.82, 2.24) is 0 Å². The van der Waals surface area contributed by atoms with Gasteiger partial charge in [0.25, 0.3) is 0 Å². The van der Waals surface area contributed by atoms with Gasteiger partial charge >= 0.3 is 5.69 Å². The number of nitro benzene ring substituents is 1. The fourth-order valence-corrected chi connectivity index (χ4v) is 1.65. The van der Waals surface area contributed by atoms with E-state index in [1.54, 1.807) is 12.1 Å². The highest BCUT2D eigenvalue weighted by atomic mass is 16.6. The van der Waals surface area contributed by atoms with Gasteiger partial charge in [-0.15, -0.1) is 0 Å². The van der Waals surface area contributed by atoms with Gasteiger partial charge in [-0.05, 0) is 33.3 Å². The van der Waals surface area contributed by atoms with Crippen LogP contribution in [0.3, 0.4) is 0 Å². The maximum atomic E-state index is 10.9. The van der Waals surface area contributed by atoms with Gasteiger partial charge in [0.05, 0.1) is 11.0 Å². The average Bonchev–Trinajstić information content (AvgIpc) is 2.28. The van der Waals surface area contributed by atoms with Gasteiger partial charge in [0, 0.05) is 30.5 Å². The highest BCUT2D eigenvalue weighted by molar-refractivity contribution is 5.58. The Balaban J connectivity index is 2.94. The van der Waals surface area contributed by atoms with Gasteiger partial charge in [0.15, 0.2) is 5.75 Å². The molecular weight excluding hydrogens is 248 g/mol. The molecule has 1 aromatic rings. The lowest BCUT2D eigenvalue weighted by atomic mass is 10.2. The van der Waals surface area contributed by atoms with E-state index in [1.165, 1.54) is 6.07 Å². The first-order chi connectivity index (χ1) is 8.93. The van der Waals surface area contributed by atoms with E-state index >= 15 is 0 Å². The summed E-state index contributed by atoms with van der Waals surface area (Å²) in [6.45, 7) is 5.66. The van der Waals surface area contributed by atoms with Gasteiger partial charge in [-0.1, -0.05) is 0 Å². The molecule has 0 spiro atoms. The fraction of sp³-hybridized carbons (Fsp3) is 0.538. The summed E-state index contributed by atoms with van der Waals surface area (Å²) < 4.78 is 5.46. The van der Waals surface area contributed by atoms with Crippen molar-refractivity contribution in [2.45, 2.75) is 39.3 Å². The molecule has 0 fully saturated rings. The standard InChI is InChI=1S/C13H20N2O4/c1-9(2)19-13-8-11(14-10(3)6-7-16)4-5-12(13)15(17)18/h4-5,8-10,14,16H,6-7H2,1-3H3. The first-order valence-electron chi connectivity index (χ1n) is 6.26. The van der Waals surface area contributed by atoms with Crippen LogP contribution in [0.15, 0.2) is 18.2 Å². The van der Waals surface area contributed by atoms with Gasteiger partial charge in [-0.3, -0.25) is 10.1 Å².